The largest absolute Gasteiger partial charge is 0.493 e. The molecule has 4 nitrogen and oxygen atoms in total. The Hall–Kier alpha value is -3.37. The summed E-state index contributed by atoms with van der Waals surface area (Å²) in [7, 11) is 1.60. The zero-order valence-electron chi connectivity index (χ0n) is 24.3. The molecule has 1 fully saturated rings. The van der Waals surface area contributed by atoms with Gasteiger partial charge < -0.3 is 9.47 Å². The molecule has 0 radical (unpaired) electrons. The summed E-state index contributed by atoms with van der Waals surface area (Å²) < 4.78 is 51.5. The van der Waals surface area contributed by atoms with Gasteiger partial charge in [-0.25, -0.2) is 0 Å². The molecule has 34 heavy (non-hydrogen) atoms. The molecule has 0 atom stereocenters. The van der Waals surface area contributed by atoms with Crippen LogP contribution in [0.1, 0.15) is 46.7 Å². The van der Waals surface area contributed by atoms with Crippen molar-refractivity contribution in [2.45, 2.75) is 32.4 Å². The SMILES string of the molecule is [2H]c1c([2H])c([2H])c(CN2CCC(C=C3Cc4cc(OC)c(OCc5ccccc5)cc4C3=O)CC2)c([2H])c1[2H]. The van der Waals surface area contributed by atoms with Gasteiger partial charge in [0.1, 0.15) is 6.61 Å². The van der Waals surface area contributed by atoms with Crippen LogP contribution in [0.5, 0.6) is 11.5 Å². The number of ketones is 1. The summed E-state index contributed by atoms with van der Waals surface area (Å²) in [6.07, 6.45) is 4.33. The van der Waals surface area contributed by atoms with Gasteiger partial charge in [0, 0.05) is 24.1 Å². The zero-order chi connectivity index (χ0) is 27.7. The van der Waals surface area contributed by atoms with Crippen LogP contribution in [0.4, 0.5) is 0 Å². The molecule has 174 valence electrons. The number of nitrogens with zero attached hydrogens (tertiary/aromatic N) is 1. The first-order valence-electron chi connectivity index (χ1n) is 14.2. The first-order valence-corrected chi connectivity index (χ1v) is 11.7. The fourth-order valence-corrected chi connectivity index (χ4v) is 4.70. The Morgan fingerprint density at radius 1 is 1.03 bits per heavy atom. The van der Waals surface area contributed by atoms with Crippen LogP contribution in [0, 0.1) is 5.92 Å². The van der Waals surface area contributed by atoms with Crippen molar-refractivity contribution < 1.29 is 21.1 Å². The number of carbonyl (C=O) groups is 1. The first kappa shape index (κ1) is 17.1. The van der Waals surface area contributed by atoms with E-state index in [9.17, 15) is 4.79 Å². The van der Waals surface area contributed by atoms with Crippen LogP contribution >= 0.6 is 0 Å². The molecule has 0 N–H and O–H groups in total. The molecule has 0 aromatic heterocycles. The number of ether oxygens (including phenoxy) is 2. The average molecular weight is 459 g/mol. The lowest BCUT2D eigenvalue weighted by Gasteiger charge is -2.30. The predicted molar refractivity (Wildman–Crippen MR) is 134 cm³/mol. The highest BCUT2D eigenvalue weighted by atomic mass is 16.5. The van der Waals surface area contributed by atoms with E-state index in [2.05, 4.69) is 11.0 Å². The van der Waals surface area contributed by atoms with E-state index >= 15 is 0 Å². The molecular weight excluding hydrogens is 422 g/mol. The molecular formula is C30H31NO3. The maximum atomic E-state index is 13.3. The maximum absolute atomic E-state index is 13.3. The van der Waals surface area contributed by atoms with Crippen molar-refractivity contribution in [3.63, 3.8) is 0 Å². The summed E-state index contributed by atoms with van der Waals surface area (Å²) in [5, 5.41) is 0. The number of piperidine rings is 1. The second-order valence-corrected chi connectivity index (χ2v) is 8.85. The Balaban J connectivity index is 1.24. The quantitative estimate of drug-likeness (QED) is 0.416. The van der Waals surface area contributed by atoms with Crippen LogP contribution in [0.2, 0.25) is 0 Å². The van der Waals surface area contributed by atoms with Gasteiger partial charge in [0.15, 0.2) is 17.3 Å². The molecule has 4 heteroatoms. The van der Waals surface area contributed by atoms with E-state index in [-0.39, 0.29) is 41.9 Å². The highest BCUT2D eigenvalue weighted by molar-refractivity contribution is 6.13. The molecule has 1 aliphatic heterocycles. The Morgan fingerprint density at radius 3 is 2.53 bits per heavy atom. The van der Waals surface area contributed by atoms with Gasteiger partial charge >= 0.3 is 0 Å². The summed E-state index contributed by atoms with van der Waals surface area (Å²) in [6.45, 7) is 2.15. The number of Topliss-reactive ketones (excluding diaryl/α,β-unsaturated/α-hetero) is 1. The number of carbonyl (C=O) groups excluding carboxylic acids is 1. The van der Waals surface area contributed by atoms with Crippen molar-refractivity contribution in [1.82, 2.24) is 4.90 Å². The highest BCUT2D eigenvalue weighted by Crippen LogP contribution is 2.38. The third kappa shape index (κ3) is 5.07. The van der Waals surface area contributed by atoms with Crippen molar-refractivity contribution in [2.24, 2.45) is 5.92 Å². The number of rotatable bonds is 7. The molecule has 2 aliphatic rings. The smallest absolute Gasteiger partial charge is 0.189 e. The number of allylic oxidation sites excluding steroid dienone is 2. The van der Waals surface area contributed by atoms with Gasteiger partial charge in [-0.3, -0.25) is 9.69 Å². The summed E-state index contributed by atoms with van der Waals surface area (Å²) in [4.78, 5) is 15.4. The van der Waals surface area contributed by atoms with E-state index in [0.29, 0.717) is 42.2 Å². The second kappa shape index (κ2) is 10.3. The third-order valence-electron chi connectivity index (χ3n) is 6.55. The minimum absolute atomic E-state index is 0.0266. The number of methoxy groups -OCH3 is 1. The molecule has 0 saturated carbocycles. The van der Waals surface area contributed by atoms with Gasteiger partial charge in [0.2, 0.25) is 0 Å². The van der Waals surface area contributed by atoms with Gasteiger partial charge in [-0.1, -0.05) is 66.6 Å². The fourth-order valence-electron chi connectivity index (χ4n) is 4.70. The number of hydrogen-bond acceptors (Lipinski definition) is 4. The first-order chi connectivity index (χ1) is 18.8. The van der Waals surface area contributed by atoms with Crippen LogP contribution in [0.15, 0.2) is 84.3 Å². The topological polar surface area (TPSA) is 38.8 Å². The maximum Gasteiger partial charge on any atom is 0.189 e. The van der Waals surface area contributed by atoms with Gasteiger partial charge in [0.25, 0.3) is 0 Å². The van der Waals surface area contributed by atoms with E-state index in [1.54, 1.807) is 13.2 Å². The van der Waals surface area contributed by atoms with E-state index in [1.807, 2.05) is 36.4 Å². The van der Waals surface area contributed by atoms with E-state index < -0.39 is 0 Å². The normalized spacial score (nSPS) is 19.7. The summed E-state index contributed by atoms with van der Waals surface area (Å²) in [5.74, 6) is 1.43. The van der Waals surface area contributed by atoms with Crippen molar-refractivity contribution in [3.05, 3.63) is 107 Å². The minimum atomic E-state index is -0.367. The number of fused-ring (bicyclic) bond motifs is 1. The van der Waals surface area contributed by atoms with E-state index in [0.717, 1.165) is 42.6 Å². The summed E-state index contributed by atoms with van der Waals surface area (Å²) in [5.41, 5.74) is 3.75. The van der Waals surface area contributed by atoms with Gasteiger partial charge in [0.05, 0.1) is 14.0 Å². The molecule has 1 aliphatic carbocycles. The molecule has 3 aromatic rings. The average Bonchev–Trinajstić information content (AvgIpc) is 3.26. The standard InChI is InChI=1S/C30H31NO3/c1-33-28-18-25-17-26(16-22-12-14-31(15-13-22)20-23-8-4-2-5-9-23)30(32)27(25)19-29(28)34-21-24-10-6-3-7-11-24/h2-11,16,18-19,22H,12-15,17,20-21H2,1H3/i2D,4D,5D,8D,9D. The van der Waals surface area contributed by atoms with Gasteiger partial charge in [-0.15, -0.1) is 0 Å². The molecule has 1 heterocycles. The van der Waals surface area contributed by atoms with Crippen molar-refractivity contribution in [1.29, 1.82) is 0 Å². The van der Waals surface area contributed by atoms with Crippen molar-refractivity contribution in [2.75, 3.05) is 20.2 Å². The second-order valence-electron chi connectivity index (χ2n) is 8.85. The molecule has 0 spiro atoms. The predicted octanol–water partition coefficient (Wildman–Crippen LogP) is 5.85. The summed E-state index contributed by atoms with van der Waals surface area (Å²) >= 11 is 0. The van der Waals surface area contributed by atoms with Crippen LogP contribution in [0.25, 0.3) is 0 Å². The fraction of sp³-hybridized carbons (Fsp3) is 0.300. The summed E-state index contributed by atoms with van der Waals surface area (Å²) in [6, 6.07) is 12.3. The number of likely N-dealkylation sites (tertiary alicyclic amines) is 1. The van der Waals surface area contributed by atoms with Crippen LogP contribution < -0.4 is 9.47 Å². The lowest BCUT2D eigenvalue weighted by atomic mass is 9.93. The zero-order valence-corrected chi connectivity index (χ0v) is 19.3. The van der Waals surface area contributed by atoms with Gasteiger partial charge in [-0.2, -0.15) is 0 Å². The Morgan fingerprint density at radius 2 is 1.79 bits per heavy atom. The lowest BCUT2D eigenvalue weighted by Crippen LogP contribution is -2.32. The molecule has 0 amide bonds. The Labute approximate surface area is 208 Å². The minimum Gasteiger partial charge on any atom is -0.493 e. The molecule has 0 unspecified atom stereocenters. The van der Waals surface area contributed by atoms with Crippen LogP contribution in [-0.2, 0) is 19.6 Å². The van der Waals surface area contributed by atoms with Crippen molar-refractivity contribution >= 4 is 5.78 Å². The number of benzene rings is 3. The van der Waals surface area contributed by atoms with Crippen molar-refractivity contribution in [3.8, 4) is 11.5 Å². The molecule has 1 saturated heterocycles. The van der Waals surface area contributed by atoms with Crippen LogP contribution in [-0.4, -0.2) is 30.9 Å². The van der Waals surface area contributed by atoms with E-state index in [1.165, 1.54) is 0 Å². The van der Waals surface area contributed by atoms with E-state index in [4.69, 9.17) is 16.3 Å². The third-order valence-corrected chi connectivity index (χ3v) is 6.55. The van der Waals surface area contributed by atoms with Crippen LogP contribution in [0.3, 0.4) is 0 Å². The molecule has 0 bridgehead atoms. The Kier molecular flexibility index (Phi) is 5.17. The highest BCUT2D eigenvalue weighted by Gasteiger charge is 2.29. The Bertz CT molecular complexity index is 1400. The van der Waals surface area contributed by atoms with Gasteiger partial charge in [-0.05, 0) is 60.7 Å². The lowest BCUT2D eigenvalue weighted by molar-refractivity contribution is 0.103. The number of hydrogen-bond donors (Lipinski definition) is 0. The molecule has 5 rings (SSSR count). The molecule has 3 aromatic carbocycles. The monoisotopic (exact) mass is 458 g/mol.